The van der Waals surface area contributed by atoms with Gasteiger partial charge in [-0.15, -0.1) is 0 Å². The molecule has 0 amide bonds. The van der Waals surface area contributed by atoms with Crippen molar-refractivity contribution in [3.05, 3.63) is 95.6 Å². The van der Waals surface area contributed by atoms with Crippen LogP contribution in [0.2, 0.25) is 0 Å². The van der Waals surface area contributed by atoms with Gasteiger partial charge in [0, 0.05) is 18.8 Å². The van der Waals surface area contributed by atoms with Crippen molar-refractivity contribution in [3.63, 3.8) is 0 Å². The molecule has 27 heavy (non-hydrogen) atoms. The van der Waals surface area contributed by atoms with E-state index in [9.17, 15) is 13.0 Å². The molecule has 0 unspecified atom stereocenters. The van der Waals surface area contributed by atoms with Crippen molar-refractivity contribution in [1.29, 1.82) is 0 Å². The minimum Gasteiger partial charge on any atom is -1.00 e. The average Bonchev–Trinajstić information content (AvgIpc) is 2.62. The Labute approximate surface area is 184 Å². The Hall–Kier alpha value is -1.63. The van der Waals surface area contributed by atoms with E-state index in [1.165, 1.54) is 23.3 Å². The second kappa shape index (κ2) is 9.53. The molecule has 0 aliphatic rings. The third-order valence-electron chi connectivity index (χ3n) is 4.24. The van der Waals surface area contributed by atoms with Gasteiger partial charge in [-0.25, -0.2) is 0 Å². The molecule has 136 valence electrons. The SMILES string of the molecule is Cc1cc(S(=O)(=O)O)ccc1N(Cc1ccccc1)Cc1ccccc1.[H-].[Na+]. The number of hydrogen-bond acceptors (Lipinski definition) is 3. The van der Waals surface area contributed by atoms with Gasteiger partial charge in [0.2, 0.25) is 0 Å². The van der Waals surface area contributed by atoms with Gasteiger partial charge in [0.25, 0.3) is 10.1 Å². The molecule has 0 spiro atoms. The van der Waals surface area contributed by atoms with Crippen LogP contribution in [0.15, 0.2) is 83.8 Å². The van der Waals surface area contributed by atoms with E-state index in [1.807, 2.05) is 43.3 Å². The van der Waals surface area contributed by atoms with Gasteiger partial charge < -0.3 is 6.33 Å². The predicted octanol–water partition coefficient (Wildman–Crippen LogP) is 1.57. The van der Waals surface area contributed by atoms with E-state index in [2.05, 4.69) is 29.2 Å². The summed E-state index contributed by atoms with van der Waals surface area (Å²) in [6.07, 6.45) is 0. The molecule has 0 heterocycles. The monoisotopic (exact) mass is 391 g/mol. The summed E-state index contributed by atoms with van der Waals surface area (Å²) in [7, 11) is -4.20. The van der Waals surface area contributed by atoms with Crippen LogP contribution in [0.25, 0.3) is 0 Å². The summed E-state index contributed by atoms with van der Waals surface area (Å²) < 4.78 is 32.1. The first kappa shape index (κ1) is 21.7. The van der Waals surface area contributed by atoms with Gasteiger partial charge in [0.1, 0.15) is 0 Å². The maximum atomic E-state index is 11.4. The summed E-state index contributed by atoms with van der Waals surface area (Å²) in [6, 6.07) is 25.0. The summed E-state index contributed by atoms with van der Waals surface area (Å²) in [5.74, 6) is 0. The first-order chi connectivity index (χ1) is 12.4. The number of aryl methyl sites for hydroxylation is 1. The zero-order valence-corrected chi connectivity index (χ0v) is 18.4. The van der Waals surface area contributed by atoms with Crippen LogP contribution >= 0.6 is 0 Å². The van der Waals surface area contributed by atoms with Crippen LogP contribution < -0.4 is 34.5 Å². The van der Waals surface area contributed by atoms with Gasteiger partial charge in [-0.2, -0.15) is 8.42 Å². The molecule has 0 fully saturated rings. The standard InChI is InChI=1S/C21H21NO3S.Na.H/c1-17-14-20(26(23,24)25)12-13-21(17)22(15-18-8-4-2-5-9-18)16-19-10-6-3-7-11-19;;/h2-14H,15-16H2,1H3,(H,23,24,25);;/q;+1;-1. The smallest absolute Gasteiger partial charge is 1.00 e. The Kier molecular flexibility index (Phi) is 7.65. The van der Waals surface area contributed by atoms with Crippen LogP contribution in [0.1, 0.15) is 18.1 Å². The molecule has 0 saturated heterocycles. The third kappa shape index (κ3) is 5.92. The van der Waals surface area contributed by atoms with Crippen molar-refractivity contribution in [2.75, 3.05) is 4.90 Å². The molecule has 1 N–H and O–H groups in total. The summed E-state index contributed by atoms with van der Waals surface area (Å²) in [5.41, 5.74) is 4.07. The van der Waals surface area contributed by atoms with Gasteiger partial charge >= 0.3 is 29.6 Å². The van der Waals surface area contributed by atoms with Crippen LogP contribution in [0.5, 0.6) is 0 Å². The first-order valence-corrected chi connectivity index (χ1v) is 9.78. The van der Waals surface area contributed by atoms with Gasteiger partial charge in [0.05, 0.1) is 4.90 Å². The van der Waals surface area contributed by atoms with E-state index in [-0.39, 0.29) is 35.9 Å². The van der Waals surface area contributed by atoms with E-state index in [1.54, 1.807) is 6.07 Å². The quantitative estimate of drug-likeness (QED) is 0.512. The fourth-order valence-corrected chi connectivity index (χ4v) is 3.54. The van der Waals surface area contributed by atoms with Crippen LogP contribution in [0.4, 0.5) is 5.69 Å². The van der Waals surface area contributed by atoms with Crippen molar-refractivity contribution < 1.29 is 44.0 Å². The summed E-state index contributed by atoms with van der Waals surface area (Å²) in [5, 5.41) is 0. The molecule has 0 atom stereocenters. The van der Waals surface area contributed by atoms with Crippen molar-refractivity contribution >= 4 is 15.8 Å². The zero-order chi connectivity index (χ0) is 18.6. The van der Waals surface area contributed by atoms with E-state index in [4.69, 9.17) is 0 Å². The second-order valence-corrected chi connectivity index (χ2v) is 7.67. The van der Waals surface area contributed by atoms with Crippen LogP contribution in [-0.4, -0.2) is 13.0 Å². The number of hydrogen-bond donors (Lipinski definition) is 1. The fraction of sp³-hybridized carbons (Fsp3) is 0.143. The summed E-state index contributed by atoms with van der Waals surface area (Å²) >= 11 is 0. The van der Waals surface area contributed by atoms with E-state index in [0.717, 1.165) is 11.3 Å². The minimum atomic E-state index is -4.20. The Bertz CT molecular complexity index is 942. The number of rotatable bonds is 6. The third-order valence-corrected chi connectivity index (χ3v) is 5.09. The number of benzene rings is 3. The molecule has 4 nitrogen and oxygen atoms in total. The number of nitrogens with zero attached hydrogens (tertiary/aromatic N) is 1. The van der Waals surface area contributed by atoms with Crippen LogP contribution in [0, 0.1) is 6.92 Å². The molecule has 3 aromatic rings. The van der Waals surface area contributed by atoms with Gasteiger partial charge in [0.15, 0.2) is 0 Å². The molecule has 6 heteroatoms. The molecule has 0 aromatic heterocycles. The number of anilines is 1. The summed E-state index contributed by atoms with van der Waals surface area (Å²) in [4.78, 5) is 2.12. The second-order valence-electron chi connectivity index (χ2n) is 6.25. The van der Waals surface area contributed by atoms with Crippen LogP contribution in [-0.2, 0) is 23.2 Å². The maximum absolute atomic E-state index is 11.4. The molecule has 0 bridgehead atoms. The molecule has 0 saturated carbocycles. The van der Waals surface area contributed by atoms with Gasteiger partial charge in [-0.3, -0.25) is 4.55 Å². The molecule has 0 aliphatic heterocycles. The van der Waals surface area contributed by atoms with E-state index < -0.39 is 10.1 Å². The van der Waals surface area contributed by atoms with Crippen molar-refractivity contribution in [2.24, 2.45) is 0 Å². The average molecular weight is 391 g/mol. The van der Waals surface area contributed by atoms with Gasteiger partial charge in [-0.1, -0.05) is 60.7 Å². The van der Waals surface area contributed by atoms with Crippen molar-refractivity contribution in [2.45, 2.75) is 24.9 Å². The van der Waals surface area contributed by atoms with Gasteiger partial charge in [-0.05, 0) is 41.8 Å². The molecular formula is C21H22NNaO3S. The maximum Gasteiger partial charge on any atom is 1.00 e. The fourth-order valence-electron chi connectivity index (χ4n) is 2.98. The minimum absolute atomic E-state index is 0. The molecule has 0 radical (unpaired) electrons. The summed E-state index contributed by atoms with van der Waals surface area (Å²) in [6.45, 7) is 3.25. The molecule has 3 rings (SSSR count). The predicted molar refractivity (Wildman–Crippen MR) is 105 cm³/mol. The zero-order valence-electron chi connectivity index (χ0n) is 16.5. The Morgan fingerprint density at radius 2 is 1.33 bits per heavy atom. The Balaban J connectivity index is 0.00000196. The largest absolute Gasteiger partial charge is 1.00 e. The molecule has 0 aliphatic carbocycles. The Morgan fingerprint density at radius 3 is 1.74 bits per heavy atom. The topological polar surface area (TPSA) is 57.6 Å². The van der Waals surface area contributed by atoms with Crippen molar-refractivity contribution in [3.8, 4) is 0 Å². The van der Waals surface area contributed by atoms with Crippen LogP contribution in [0.3, 0.4) is 0 Å². The molecular weight excluding hydrogens is 369 g/mol. The van der Waals surface area contributed by atoms with Crippen molar-refractivity contribution in [1.82, 2.24) is 0 Å². The van der Waals surface area contributed by atoms with E-state index in [0.29, 0.717) is 13.1 Å². The molecule has 3 aromatic carbocycles. The Morgan fingerprint density at radius 1 is 0.852 bits per heavy atom. The first-order valence-electron chi connectivity index (χ1n) is 8.34. The van der Waals surface area contributed by atoms with E-state index >= 15 is 0 Å². The normalized spacial score (nSPS) is 10.9.